The number of likely N-dealkylation sites (tertiary alicyclic amines) is 1. The molecule has 0 aliphatic carbocycles. The minimum absolute atomic E-state index is 0.0112. The van der Waals surface area contributed by atoms with Crippen molar-refractivity contribution in [1.29, 1.82) is 0 Å². The van der Waals surface area contributed by atoms with E-state index in [4.69, 9.17) is 0 Å². The molecule has 5 nitrogen and oxygen atoms in total. The Bertz CT molecular complexity index is 1040. The van der Waals surface area contributed by atoms with Gasteiger partial charge in [0.2, 0.25) is 0 Å². The Balaban J connectivity index is 2.08. The highest BCUT2D eigenvalue weighted by atomic mass is 19.1. The number of rotatable bonds is 8. The number of amides is 1. The molecule has 2 aromatic carbocycles. The maximum atomic E-state index is 14.1. The lowest BCUT2D eigenvalue weighted by molar-refractivity contribution is -0.140. The third-order valence-electron chi connectivity index (χ3n) is 6.12. The molecule has 0 radical (unpaired) electrons. The van der Waals surface area contributed by atoms with Crippen LogP contribution in [0.3, 0.4) is 0 Å². The fourth-order valence-electron chi connectivity index (χ4n) is 4.27. The van der Waals surface area contributed by atoms with Gasteiger partial charge in [0.25, 0.3) is 11.7 Å². The molecular formula is C26H31FN2O3. The minimum atomic E-state index is -0.831. The number of carbonyl (C=O) groups excluding carboxylic acids is 2. The Morgan fingerprint density at radius 3 is 2.47 bits per heavy atom. The molecular weight excluding hydrogens is 407 g/mol. The van der Waals surface area contributed by atoms with Crippen molar-refractivity contribution in [3.63, 3.8) is 0 Å². The number of nitrogens with zero attached hydrogens (tertiary/aromatic N) is 2. The van der Waals surface area contributed by atoms with E-state index in [-0.39, 0.29) is 11.3 Å². The molecule has 0 bridgehead atoms. The molecule has 1 fully saturated rings. The van der Waals surface area contributed by atoms with Crippen molar-refractivity contribution in [1.82, 2.24) is 9.80 Å². The Morgan fingerprint density at radius 2 is 1.81 bits per heavy atom. The van der Waals surface area contributed by atoms with Crippen LogP contribution in [0.2, 0.25) is 0 Å². The molecule has 3 rings (SSSR count). The summed E-state index contributed by atoms with van der Waals surface area (Å²) >= 11 is 0. The lowest BCUT2D eigenvalue weighted by Gasteiger charge is -2.27. The first-order valence-electron chi connectivity index (χ1n) is 11.1. The molecule has 2 aromatic rings. The Kier molecular flexibility index (Phi) is 7.46. The van der Waals surface area contributed by atoms with Gasteiger partial charge in [-0.15, -0.1) is 0 Å². The van der Waals surface area contributed by atoms with Gasteiger partial charge in [-0.25, -0.2) is 4.39 Å². The van der Waals surface area contributed by atoms with Crippen LogP contribution in [-0.2, 0) is 9.59 Å². The van der Waals surface area contributed by atoms with E-state index in [2.05, 4.69) is 18.7 Å². The van der Waals surface area contributed by atoms with Crippen molar-refractivity contribution in [2.45, 2.75) is 40.2 Å². The fourth-order valence-corrected chi connectivity index (χ4v) is 4.27. The number of carbonyl (C=O) groups is 2. The molecule has 1 amide bonds. The predicted octanol–water partition coefficient (Wildman–Crippen LogP) is 4.60. The summed E-state index contributed by atoms with van der Waals surface area (Å²) in [6.45, 7) is 10.8. The topological polar surface area (TPSA) is 60.9 Å². The molecule has 1 heterocycles. The van der Waals surface area contributed by atoms with E-state index in [0.717, 1.165) is 30.8 Å². The van der Waals surface area contributed by atoms with Crippen molar-refractivity contribution in [3.05, 3.63) is 76.1 Å². The molecule has 1 N–H and O–H groups in total. The number of halogens is 1. The van der Waals surface area contributed by atoms with E-state index in [1.165, 1.54) is 17.0 Å². The minimum Gasteiger partial charge on any atom is -0.507 e. The van der Waals surface area contributed by atoms with Crippen molar-refractivity contribution < 1.29 is 19.1 Å². The maximum absolute atomic E-state index is 14.1. The highest BCUT2D eigenvalue weighted by Crippen LogP contribution is 2.40. The quantitative estimate of drug-likeness (QED) is 0.372. The molecule has 0 spiro atoms. The van der Waals surface area contributed by atoms with E-state index in [1.807, 2.05) is 26.0 Å². The zero-order valence-corrected chi connectivity index (χ0v) is 19.2. The average molecular weight is 439 g/mol. The summed E-state index contributed by atoms with van der Waals surface area (Å²) in [5.41, 5.74) is 2.70. The Hall–Kier alpha value is -2.99. The molecule has 0 saturated carbocycles. The average Bonchev–Trinajstić information content (AvgIpc) is 3.03. The molecule has 1 unspecified atom stereocenters. The molecule has 170 valence electrons. The van der Waals surface area contributed by atoms with Gasteiger partial charge in [0, 0.05) is 12.1 Å². The summed E-state index contributed by atoms with van der Waals surface area (Å²) in [5, 5.41) is 11.2. The second-order valence-corrected chi connectivity index (χ2v) is 8.25. The van der Waals surface area contributed by atoms with Gasteiger partial charge in [0.15, 0.2) is 0 Å². The van der Waals surface area contributed by atoms with E-state index in [1.54, 1.807) is 18.2 Å². The van der Waals surface area contributed by atoms with Gasteiger partial charge in [-0.05, 0) is 69.2 Å². The number of hydrogen-bond donors (Lipinski definition) is 1. The van der Waals surface area contributed by atoms with E-state index in [0.29, 0.717) is 24.1 Å². The smallest absolute Gasteiger partial charge is 0.295 e. The highest BCUT2D eigenvalue weighted by Gasteiger charge is 2.46. The number of benzene rings is 2. The van der Waals surface area contributed by atoms with Crippen LogP contribution in [0.4, 0.5) is 4.39 Å². The van der Waals surface area contributed by atoms with Crippen LogP contribution in [0.15, 0.2) is 48.0 Å². The lowest BCUT2D eigenvalue weighted by atomic mass is 9.93. The van der Waals surface area contributed by atoms with Gasteiger partial charge in [-0.2, -0.15) is 0 Å². The van der Waals surface area contributed by atoms with Gasteiger partial charge in [0.05, 0.1) is 11.6 Å². The third-order valence-corrected chi connectivity index (χ3v) is 6.12. The third kappa shape index (κ3) is 4.75. The number of hydrogen-bond acceptors (Lipinski definition) is 4. The van der Waals surface area contributed by atoms with Gasteiger partial charge in [0.1, 0.15) is 11.6 Å². The second kappa shape index (κ2) is 10.1. The van der Waals surface area contributed by atoms with Crippen LogP contribution in [0.5, 0.6) is 0 Å². The lowest BCUT2D eigenvalue weighted by Crippen LogP contribution is -2.33. The zero-order chi connectivity index (χ0) is 23.4. The summed E-state index contributed by atoms with van der Waals surface area (Å²) in [5.74, 6) is -2.07. The van der Waals surface area contributed by atoms with Crippen LogP contribution in [0.25, 0.3) is 5.76 Å². The van der Waals surface area contributed by atoms with Gasteiger partial charge >= 0.3 is 0 Å². The maximum Gasteiger partial charge on any atom is 0.295 e. The normalized spacial score (nSPS) is 18.1. The first-order valence-corrected chi connectivity index (χ1v) is 11.1. The molecule has 1 aliphatic rings. The van der Waals surface area contributed by atoms with E-state index >= 15 is 0 Å². The number of aliphatic hydroxyl groups is 1. The van der Waals surface area contributed by atoms with Crippen molar-refractivity contribution >= 4 is 17.4 Å². The second-order valence-electron chi connectivity index (χ2n) is 8.25. The molecule has 1 atom stereocenters. The molecule has 1 aliphatic heterocycles. The summed E-state index contributed by atoms with van der Waals surface area (Å²) < 4.78 is 14.1. The van der Waals surface area contributed by atoms with Crippen molar-refractivity contribution in [2.24, 2.45) is 0 Å². The first kappa shape index (κ1) is 23.7. The largest absolute Gasteiger partial charge is 0.507 e. The molecule has 1 saturated heterocycles. The van der Waals surface area contributed by atoms with Crippen LogP contribution in [-0.4, -0.2) is 52.8 Å². The fraction of sp³-hybridized carbons (Fsp3) is 0.385. The molecule has 0 aromatic heterocycles. The van der Waals surface area contributed by atoms with Crippen LogP contribution in [0, 0.1) is 19.7 Å². The standard InChI is InChI=1S/C26H31FN2O3/c1-5-28(6-2)13-8-14-29-23(19-9-7-10-20(27)16-19)22(25(31)26(29)32)24(30)21-15-17(3)11-12-18(21)4/h7,9-12,15-16,23,30H,5-6,8,13-14H2,1-4H3/b24-22+. The van der Waals surface area contributed by atoms with Crippen LogP contribution < -0.4 is 0 Å². The van der Waals surface area contributed by atoms with Crippen LogP contribution in [0.1, 0.15) is 48.6 Å². The number of Topliss-reactive ketones (excluding diaryl/α,β-unsaturated/α-hetero) is 1. The van der Waals surface area contributed by atoms with Crippen molar-refractivity contribution in [2.75, 3.05) is 26.2 Å². The Labute approximate surface area is 189 Å². The summed E-state index contributed by atoms with van der Waals surface area (Å²) in [4.78, 5) is 29.8. The number of ketones is 1. The molecule has 32 heavy (non-hydrogen) atoms. The predicted molar refractivity (Wildman–Crippen MR) is 124 cm³/mol. The van der Waals surface area contributed by atoms with Crippen molar-refractivity contribution in [3.8, 4) is 0 Å². The zero-order valence-electron chi connectivity index (χ0n) is 19.2. The van der Waals surface area contributed by atoms with Gasteiger partial charge in [-0.3, -0.25) is 9.59 Å². The summed E-state index contributed by atoms with van der Waals surface area (Å²) in [6.07, 6.45) is 0.671. The highest BCUT2D eigenvalue weighted by molar-refractivity contribution is 6.46. The summed E-state index contributed by atoms with van der Waals surface area (Å²) in [7, 11) is 0. The first-order chi connectivity index (χ1) is 15.3. The van der Waals surface area contributed by atoms with E-state index in [9.17, 15) is 19.1 Å². The van der Waals surface area contributed by atoms with Gasteiger partial charge < -0.3 is 14.9 Å². The van der Waals surface area contributed by atoms with Crippen LogP contribution >= 0.6 is 0 Å². The Morgan fingerprint density at radius 1 is 1.09 bits per heavy atom. The monoisotopic (exact) mass is 438 g/mol. The molecule has 6 heteroatoms. The number of aryl methyl sites for hydroxylation is 2. The number of aliphatic hydroxyl groups excluding tert-OH is 1. The SMILES string of the molecule is CCN(CC)CCCN1C(=O)C(=O)/C(=C(/O)c2cc(C)ccc2C)C1c1cccc(F)c1. The van der Waals surface area contributed by atoms with Gasteiger partial charge in [-0.1, -0.05) is 43.7 Å². The summed E-state index contributed by atoms with van der Waals surface area (Å²) in [6, 6.07) is 10.6. The van der Waals surface area contributed by atoms with E-state index < -0.39 is 23.5 Å².